The summed E-state index contributed by atoms with van der Waals surface area (Å²) in [6.45, 7) is 0. The van der Waals surface area contributed by atoms with E-state index >= 15 is 0 Å². The van der Waals surface area contributed by atoms with Crippen molar-refractivity contribution in [3.05, 3.63) is 28.8 Å². The van der Waals surface area contributed by atoms with Gasteiger partial charge >= 0.3 is 0 Å². The van der Waals surface area contributed by atoms with Crippen LogP contribution < -0.4 is 0 Å². The monoisotopic (exact) mass is 304 g/mol. The number of halogens is 1. The van der Waals surface area contributed by atoms with Crippen LogP contribution in [0.1, 0.15) is 36.0 Å². The third-order valence-corrected chi connectivity index (χ3v) is 5.20. The molecule has 5 heteroatoms. The summed E-state index contributed by atoms with van der Waals surface area (Å²) >= 11 is 7.59. The van der Waals surface area contributed by atoms with E-state index < -0.39 is 5.41 Å². The molecule has 0 saturated carbocycles. The van der Waals surface area contributed by atoms with Crippen LogP contribution in [0.3, 0.4) is 0 Å². The van der Waals surface area contributed by atoms with Gasteiger partial charge in [-0.05, 0) is 31.0 Å². The van der Waals surface area contributed by atoms with Crippen LogP contribution in [0, 0.1) is 28.1 Å². The number of carbonyl (C=O) groups is 1. The second-order valence-corrected chi connectivity index (χ2v) is 6.31. The Morgan fingerprint density at radius 2 is 1.90 bits per heavy atom. The van der Waals surface area contributed by atoms with E-state index in [2.05, 4.69) is 12.1 Å². The van der Waals surface area contributed by atoms with E-state index in [4.69, 9.17) is 22.1 Å². The molecular weight excluding hydrogens is 292 g/mol. The smallest absolute Gasteiger partial charge is 0.171 e. The first-order valence-corrected chi connectivity index (χ1v) is 7.70. The van der Waals surface area contributed by atoms with Crippen LogP contribution in [0.15, 0.2) is 23.1 Å². The highest BCUT2D eigenvalue weighted by atomic mass is 35.5. The Morgan fingerprint density at radius 1 is 1.25 bits per heavy atom. The molecule has 0 saturated heterocycles. The molecule has 0 spiro atoms. The lowest BCUT2D eigenvalue weighted by Crippen LogP contribution is -2.37. The van der Waals surface area contributed by atoms with Crippen LogP contribution in [0.5, 0.6) is 0 Å². The molecule has 0 atom stereocenters. The van der Waals surface area contributed by atoms with Crippen molar-refractivity contribution in [2.24, 2.45) is 5.41 Å². The second-order valence-electron chi connectivity index (χ2n) is 4.85. The summed E-state index contributed by atoms with van der Waals surface area (Å²) in [7, 11) is 0. The maximum atomic E-state index is 12.8. The zero-order valence-corrected chi connectivity index (χ0v) is 12.4. The van der Waals surface area contributed by atoms with Crippen molar-refractivity contribution in [2.45, 2.75) is 30.6 Å². The van der Waals surface area contributed by atoms with Gasteiger partial charge in [0.15, 0.2) is 5.78 Å². The maximum Gasteiger partial charge on any atom is 0.171 e. The topological polar surface area (TPSA) is 64.7 Å². The van der Waals surface area contributed by atoms with E-state index in [0.29, 0.717) is 42.0 Å². The van der Waals surface area contributed by atoms with Crippen molar-refractivity contribution in [3.63, 3.8) is 0 Å². The normalized spacial score (nSPS) is 16.1. The Morgan fingerprint density at radius 3 is 2.50 bits per heavy atom. The lowest BCUT2D eigenvalue weighted by atomic mass is 9.74. The number of hydrogen-bond acceptors (Lipinski definition) is 4. The van der Waals surface area contributed by atoms with E-state index in [0.717, 1.165) is 4.90 Å². The van der Waals surface area contributed by atoms with Crippen LogP contribution in [-0.4, -0.2) is 11.5 Å². The molecule has 0 aliphatic carbocycles. The molecule has 0 aromatic heterocycles. The average molecular weight is 305 g/mol. The number of thioether (sulfide) groups is 1. The highest BCUT2D eigenvalue weighted by Gasteiger charge is 2.42. The molecule has 1 aromatic rings. The van der Waals surface area contributed by atoms with Gasteiger partial charge in [-0.2, -0.15) is 10.5 Å². The summed E-state index contributed by atoms with van der Waals surface area (Å²) in [5.74, 6) is 0.656. The quantitative estimate of drug-likeness (QED) is 0.835. The standard InChI is InChI=1S/C15H13ClN2OS/c16-11-3-4-13-12(9-11)14(19)15(10-20-13,5-1-7-17)6-2-8-18/h3-4,9H,1-2,5-6,10H2. The minimum absolute atomic E-state index is 0.0271. The minimum atomic E-state index is -0.603. The van der Waals surface area contributed by atoms with Crippen LogP contribution in [0.25, 0.3) is 0 Å². The van der Waals surface area contributed by atoms with Gasteiger partial charge in [-0.25, -0.2) is 0 Å². The first-order valence-electron chi connectivity index (χ1n) is 6.34. The Kier molecular flexibility index (Phi) is 4.70. The van der Waals surface area contributed by atoms with Gasteiger partial charge in [-0.15, -0.1) is 11.8 Å². The highest BCUT2D eigenvalue weighted by Crippen LogP contribution is 2.45. The van der Waals surface area contributed by atoms with E-state index in [-0.39, 0.29) is 5.78 Å². The van der Waals surface area contributed by atoms with E-state index in [9.17, 15) is 4.79 Å². The molecule has 3 nitrogen and oxygen atoms in total. The summed E-state index contributed by atoms with van der Waals surface area (Å²) in [5, 5.41) is 18.2. The number of ketones is 1. The number of hydrogen-bond donors (Lipinski definition) is 0. The summed E-state index contributed by atoms with van der Waals surface area (Å²) in [5.41, 5.74) is 0.0259. The molecule has 1 aliphatic rings. The van der Waals surface area contributed by atoms with Crippen LogP contribution in [-0.2, 0) is 0 Å². The number of benzene rings is 1. The van der Waals surface area contributed by atoms with Crippen molar-refractivity contribution >= 4 is 29.1 Å². The molecule has 1 aromatic carbocycles. The first kappa shape index (κ1) is 14.9. The molecule has 1 heterocycles. The molecule has 20 heavy (non-hydrogen) atoms. The SMILES string of the molecule is N#CCCC1(CCC#N)CSc2ccc(Cl)cc2C1=O. The van der Waals surface area contributed by atoms with Gasteiger partial charge in [0.1, 0.15) is 0 Å². The van der Waals surface area contributed by atoms with Gasteiger partial charge in [0.25, 0.3) is 0 Å². The third-order valence-electron chi connectivity index (χ3n) is 3.60. The molecule has 0 unspecified atom stereocenters. The van der Waals surface area contributed by atoms with Crippen molar-refractivity contribution in [1.82, 2.24) is 0 Å². The fourth-order valence-corrected chi connectivity index (χ4v) is 3.95. The zero-order chi connectivity index (χ0) is 14.6. The Labute approximate surface area is 127 Å². The lowest BCUT2D eigenvalue weighted by Gasteiger charge is -2.35. The highest BCUT2D eigenvalue weighted by molar-refractivity contribution is 7.99. The van der Waals surface area contributed by atoms with Gasteiger partial charge in [-0.3, -0.25) is 4.79 Å². The van der Waals surface area contributed by atoms with Crippen LogP contribution >= 0.6 is 23.4 Å². The summed E-state index contributed by atoms with van der Waals surface area (Å²) in [4.78, 5) is 13.7. The lowest BCUT2D eigenvalue weighted by molar-refractivity contribution is 0.0791. The molecule has 0 radical (unpaired) electrons. The molecule has 0 N–H and O–H groups in total. The van der Waals surface area contributed by atoms with Gasteiger partial charge in [0.2, 0.25) is 0 Å². The molecule has 0 fully saturated rings. The fourth-order valence-electron chi connectivity index (χ4n) is 2.46. The maximum absolute atomic E-state index is 12.8. The van der Waals surface area contributed by atoms with Gasteiger partial charge < -0.3 is 0 Å². The predicted octanol–water partition coefficient (Wildman–Crippen LogP) is 4.22. The van der Waals surface area contributed by atoms with Crippen LogP contribution in [0.2, 0.25) is 5.02 Å². The Bertz CT molecular complexity index is 597. The number of nitrogens with zero attached hydrogens (tertiary/aromatic N) is 2. The average Bonchev–Trinajstić information content (AvgIpc) is 2.46. The Hall–Kier alpha value is -1.49. The van der Waals surface area contributed by atoms with E-state index in [1.165, 1.54) is 0 Å². The molecule has 0 amide bonds. The number of Topliss-reactive ketones (excluding diaryl/α,β-unsaturated/α-hetero) is 1. The van der Waals surface area contributed by atoms with Crippen molar-refractivity contribution < 1.29 is 4.79 Å². The van der Waals surface area contributed by atoms with Crippen LogP contribution in [0.4, 0.5) is 0 Å². The second kappa shape index (κ2) is 6.31. The first-order chi connectivity index (χ1) is 9.63. The number of carbonyl (C=O) groups excluding carboxylic acids is 1. The van der Waals surface area contributed by atoms with E-state index in [1.54, 1.807) is 23.9 Å². The number of fused-ring (bicyclic) bond motifs is 1. The minimum Gasteiger partial charge on any atom is -0.293 e. The molecular formula is C15H13ClN2OS. The van der Waals surface area contributed by atoms with Gasteiger partial charge in [-0.1, -0.05) is 11.6 Å². The summed E-state index contributed by atoms with van der Waals surface area (Å²) < 4.78 is 0. The van der Waals surface area contributed by atoms with Crippen molar-refractivity contribution in [1.29, 1.82) is 10.5 Å². The molecule has 1 aliphatic heterocycles. The van der Waals surface area contributed by atoms with Gasteiger partial charge in [0, 0.05) is 39.5 Å². The molecule has 0 bridgehead atoms. The largest absolute Gasteiger partial charge is 0.293 e. The summed E-state index contributed by atoms with van der Waals surface area (Å²) in [6, 6.07) is 9.53. The fraction of sp³-hybridized carbons (Fsp3) is 0.400. The molecule has 2 rings (SSSR count). The Balaban J connectivity index is 2.37. The number of nitriles is 2. The third kappa shape index (κ3) is 2.82. The summed E-state index contributed by atoms with van der Waals surface area (Å²) in [6.07, 6.45) is 1.66. The zero-order valence-electron chi connectivity index (χ0n) is 10.9. The van der Waals surface area contributed by atoms with Crippen molar-refractivity contribution in [3.8, 4) is 12.1 Å². The van der Waals surface area contributed by atoms with Crippen molar-refractivity contribution in [2.75, 3.05) is 5.75 Å². The predicted molar refractivity (Wildman–Crippen MR) is 78.6 cm³/mol. The van der Waals surface area contributed by atoms with E-state index in [1.807, 2.05) is 6.07 Å². The molecule has 102 valence electrons. The van der Waals surface area contributed by atoms with Gasteiger partial charge in [0.05, 0.1) is 12.1 Å². The number of rotatable bonds is 4.